The van der Waals surface area contributed by atoms with Gasteiger partial charge in [0.25, 0.3) is 0 Å². The lowest BCUT2D eigenvalue weighted by Gasteiger charge is -2.27. The minimum Gasteiger partial charge on any atom is -0.444 e. The van der Waals surface area contributed by atoms with Crippen LogP contribution in [0.4, 0.5) is 13.6 Å². The van der Waals surface area contributed by atoms with E-state index in [2.05, 4.69) is 5.32 Å². The predicted molar refractivity (Wildman–Crippen MR) is 78.7 cm³/mol. The fourth-order valence-electron chi connectivity index (χ4n) is 2.01. The molecule has 22 heavy (non-hydrogen) atoms. The molecule has 7 heteroatoms. The molecule has 0 bridgehead atoms. The van der Waals surface area contributed by atoms with Gasteiger partial charge in [-0.15, -0.1) is 0 Å². The number of ether oxygens (including phenoxy) is 1. The van der Waals surface area contributed by atoms with Gasteiger partial charge in [0.05, 0.1) is 13.1 Å². The Hall–Kier alpha value is -1.66. The lowest BCUT2D eigenvalue weighted by atomic mass is 10.2. The van der Waals surface area contributed by atoms with Gasteiger partial charge in [0, 0.05) is 6.42 Å². The smallest absolute Gasteiger partial charge is 0.411 e. The van der Waals surface area contributed by atoms with Crippen LogP contribution in [0.25, 0.3) is 0 Å². The molecule has 0 saturated carbocycles. The topological polar surface area (TPSA) is 58.6 Å². The van der Waals surface area contributed by atoms with E-state index in [1.54, 1.807) is 34.6 Å². The Morgan fingerprint density at radius 2 is 1.91 bits per heavy atom. The summed E-state index contributed by atoms with van der Waals surface area (Å²) >= 11 is 0. The average Bonchev–Trinajstić information content (AvgIpc) is 2.75. The first-order valence-electron chi connectivity index (χ1n) is 7.24. The molecule has 1 fully saturated rings. The molecule has 1 rings (SSSR count). The van der Waals surface area contributed by atoms with E-state index in [4.69, 9.17) is 4.74 Å². The number of alkyl halides is 1. The van der Waals surface area contributed by atoms with E-state index in [1.807, 2.05) is 0 Å². The number of allylic oxidation sites excluding steroid dienone is 1. The van der Waals surface area contributed by atoms with Gasteiger partial charge in [0.2, 0.25) is 5.91 Å². The summed E-state index contributed by atoms with van der Waals surface area (Å²) in [5.41, 5.74) is -0.278. The van der Waals surface area contributed by atoms with Crippen molar-refractivity contribution in [3.05, 3.63) is 11.4 Å². The van der Waals surface area contributed by atoms with Crippen molar-refractivity contribution < 1.29 is 23.1 Å². The molecule has 1 N–H and O–H groups in total. The summed E-state index contributed by atoms with van der Waals surface area (Å²) in [6.45, 7) is 7.77. The monoisotopic (exact) mass is 318 g/mol. The number of carbonyl (C=O) groups is 2. The molecule has 0 spiro atoms. The highest BCUT2D eigenvalue weighted by Gasteiger charge is 2.41. The zero-order valence-corrected chi connectivity index (χ0v) is 13.7. The first-order valence-corrected chi connectivity index (χ1v) is 7.24. The number of hydrogen-bond acceptors (Lipinski definition) is 3. The Morgan fingerprint density at radius 3 is 2.41 bits per heavy atom. The van der Waals surface area contributed by atoms with Crippen molar-refractivity contribution in [2.24, 2.45) is 0 Å². The maximum absolute atomic E-state index is 13.6. The van der Waals surface area contributed by atoms with Gasteiger partial charge in [-0.2, -0.15) is 0 Å². The molecule has 0 aromatic carbocycles. The lowest BCUT2D eigenvalue weighted by Crippen LogP contribution is -2.47. The molecular weight excluding hydrogens is 294 g/mol. The maximum Gasteiger partial charge on any atom is 0.411 e. The molecule has 5 nitrogen and oxygen atoms in total. The Balaban J connectivity index is 2.72. The van der Waals surface area contributed by atoms with Crippen LogP contribution in [-0.4, -0.2) is 47.8 Å². The van der Waals surface area contributed by atoms with Gasteiger partial charge in [-0.3, -0.25) is 9.69 Å². The SMILES string of the molecule is CC(C)=C(F)CNC(=O)[C@@H]1C[C@@H](F)CN1C(=O)OC(C)(C)C. The Morgan fingerprint density at radius 1 is 1.32 bits per heavy atom. The largest absolute Gasteiger partial charge is 0.444 e. The van der Waals surface area contributed by atoms with Crippen LogP contribution in [0.2, 0.25) is 0 Å². The lowest BCUT2D eigenvalue weighted by molar-refractivity contribution is -0.125. The van der Waals surface area contributed by atoms with Crippen molar-refractivity contribution in [2.75, 3.05) is 13.1 Å². The fraction of sp³-hybridized carbons (Fsp3) is 0.733. The van der Waals surface area contributed by atoms with Gasteiger partial charge in [0.1, 0.15) is 23.6 Å². The summed E-state index contributed by atoms with van der Waals surface area (Å²) < 4.78 is 32.2. The molecule has 126 valence electrons. The molecule has 0 aromatic rings. The van der Waals surface area contributed by atoms with Gasteiger partial charge in [-0.1, -0.05) is 0 Å². The summed E-state index contributed by atoms with van der Waals surface area (Å²) in [7, 11) is 0. The highest BCUT2D eigenvalue weighted by Crippen LogP contribution is 2.23. The number of rotatable bonds is 3. The van der Waals surface area contributed by atoms with Crippen molar-refractivity contribution in [3.8, 4) is 0 Å². The highest BCUT2D eigenvalue weighted by molar-refractivity contribution is 5.86. The van der Waals surface area contributed by atoms with Crippen LogP contribution in [0, 0.1) is 0 Å². The van der Waals surface area contributed by atoms with Gasteiger partial charge < -0.3 is 10.1 Å². The molecule has 1 aliphatic heterocycles. The van der Waals surface area contributed by atoms with E-state index in [1.165, 1.54) is 0 Å². The molecule has 0 aromatic heterocycles. The van der Waals surface area contributed by atoms with Gasteiger partial charge >= 0.3 is 6.09 Å². The molecule has 2 atom stereocenters. The summed E-state index contributed by atoms with van der Waals surface area (Å²) in [5, 5.41) is 2.39. The molecule has 0 radical (unpaired) electrons. The fourth-order valence-corrected chi connectivity index (χ4v) is 2.01. The van der Waals surface area contributed by atoms with Crippen LogP contribution in [0.5, 0.6) is 0 Å². The van der Waals surface area contributed by atoms with Crippen molar-refractivity contribution in [3.63, 3.8) is 0 Å². The standard InChI is InChI=1S/C15H24F2N2O3/c1-9(2)11(17)7-18-13(20)12-6-10(16)8-19(12)14(21)22-15(3,4)5/h10,12H,6-8H2,1-5H3,(H,18,20)/t10-,12+/m1/s1. The van der Waals surface area contributed by atoms with Crippen LogP contribution >= 0.6 is 0 Å². The average molecular weight is 318 g/mol. The first kappa shape index (κ1) is 18.4. The third kappa shape index (κ3) is 5.27. The highest BCUT2D eigenvalue weighted by atomic mass is 19.1. The zero-order valence-electron chi connectivity index (χ0n) is 13.7. The number of halogens is 2. The van der Waals surface area contributed by atoms with Crippen LogP contribution in [-0.2, 0) is 9.53 Å². The number of carbonyl (C=O) groups excluding carboxylic acids is 2. The zero-order chi connectivity index (χ0) is 17.1. The van der Waals surface area contributed by atoms with Crippen LogP contribution in [0.3, 0.4) is 0 Å². The Kier molecular flexibility index (Phi) is 5.91. The van der Waals surface area contributed by atoms with Crippen molar-refractivity contribution in [2.45, 2.75) is 58.9 Å². The summed E-state index contributed by atoms with van der Waals surface area (Å²) in [6.07, 6.45) is -2.14. The Labute approximate surface area is 129 Å². The van der Waals surface area contributed by atoms with E-state index >= 15 is 0 Å². The number of amides is 2. The van der Waals surface area contributed by atoms with E-state index in [0.29, 0.717) is 5.57 Å². The number of nitrogens with zero attached hydrogens (tertiary/aromatic N) is 1. The second kappa shape index (κ2) is 7.07. The van der Waals surface area contributed by atoms with Gasteiger partial charge in [-0.05, 0) is 40.2 Å². The summed E-state index contributed by atoms with van der Waals surface area (Å²) in [5.74, 6) is -1.03. The molecule has 0 unspecified atom stereocenters. The number of hydrogen-bond donors (Lipinski definition) is 1. The quantitative estimate of drug-likeness (QED) is 0.870. The van der Waals surface area contributed by atoms with E-state index in [9.17, 15) is 18.4 Å². The first-order chi connectivity index (χ1) is 10.0. The van der Waals surface area contributed by atoms with Crippen LogP contribution in [0.15, 0.2) is 11.4 Å². The second-order valence-electron chi connectivity index (χ2n) is 6.60. The third-order valence-corrected chi connectivity index (χ3v) is 3.14. The normalized spacial score (nSPS) is 21.5. The van der Waals surface area contributed by atoms with E-state index in [-0.39, 0.29) is 19.5 Å². The van der Waals surface area contributed by atoms with Gasteiger partial charge in [-0.25, -0.2) is 13.6 Å². The van der Waals surface area contributed by atoms with Crippen LogP contribution in [0.1, 0.15) is 41.0 Å². The minimum absolute atomic E-state index is 0.110. The van der Waals surface area contributed by atoms with E-state index in [0.717, 1.165) is 4.90 Å². The summed E-state index contributed by atoms with van der Waals surface area (Å²) in [4.78, 5) is 25.2. The number of likely N-dealkylation sites (tertiary alicyclic amines) is 1. The third-order valence-electron chi connectivity index (χ3n) is 3.14. The molecule has 0 aliphatic carbocycles. The Bertz CT molecular complexity index is 468. The molecular formula is C15H24F2N2O3. The van der Waals surface area contributed by atoms with Crippen molar-refractivity contribution in [1.82, 2.24) is 10.2 Å². The predicted octanol–water partition coefficient (Wildman–Crippen LogP) is 2.71. The van der Waals surface area contributed by atoms with Crippen molar-refractivity contribution >= 4 is 12.0 Å². The van der Waals surface area contributed by atoms with Crippen molar-refractivity contribution in [1.29, 1.82) is 0 Å². The molecule has 1 heterocycles. The van der Waals surface area contributed by atoms with Gasteiger partial charge in [0.15, 0.2) is 0 Å². The molecule has 2 amide bonds. The van der Waals surface area contributed by atoms with E-state index < -0.39 is 35.6 Å². The summed E-state index contributed by atoms with van der Waals surface area (Å²) in [6, 6.07) is -0.977. The molecule has 1 saturated heterocycles. The number of nitrogens with one attached hydrogen (secondary N) is 1. The second-order valence-corrected chi connectivity index (χ2v) is 6.60. The maximum atomic E-state index is 13.6. The minimum atomic E-state index is -1.29. The van der Waals surface area contributed by atoms with Crippen LogP contribution < -0.4 is 5.32 Å². The molecule has 1 aliphatic rings.